The molecule has 0 spiro atoms. The van der Waals surface area contributed by atoms with Crippen molar-refractivity contribution in [2.75, 3.05) is 0 Å². The molecule has 0 atom stereocenters. The van der Waals surface area contributed by atoms with Gasteiger partial charge in [0.15, 0.2) is 11.5 Å². The summed E-state index contributed by atoms with van der Waals surface area (Å²) in [5.74, 6) is 0.174. The van der Waals surface area contributed by atoms with Gasteiger partial charge in [0.1, 0.15) is 5.75 Å². The quantitative estimate of drug-likeness (QED) is 0.261. The Bertz CT molecular complexity index is 865. The molecule has 2 rings (SSSR count). The van der Waals surface area contributed by atoms with Crippen LogP contribution in [0.25, 0.3) is 0 Å². The fourth-order valence-electron chi connectivity index (χ4n) is 2.07. The van der Waals surface area contributed by atoms with Gasteiger partial charge in [-0.05, 0) is 62.2 Å². The monoisotopic (exact) mass is 448 g/mol. The molecule has 0 N–H and O–H groups in total. The molecule has 0 radical (unpaired) electrons. The molecule has 0 heterocycles. The van der Waals surface area contributed by atoms with Crippen molar-refractivity contribution >= 4 is 57.6 Å². The van der Waals surface area contributed by atoms with E-state index in [0.717, 1.165) is 0 Å². The van der Waals surface area contributed by atoms with Crippen molar-refractivity contribution in [2.45, 2.75) is 26.7 Å². The Morgan fingerprint density at radius 3 is 2.11 bits per heavy atom. The van der Waals surface area contributed by atoms with Crippen LogP contribution < -0.4 is 9.47 Å². The molecule has 0 fully saturated rings. The average Bonchev–Trinajstić information content (AvgIpc) is 2.57. The van der Waals surface area contributed by atoms with Crippen molar-refractivity contribution < 1.29 is 19.1 Å². The highest BCUT2D eigenvalue weighted by Crippen LogP contribution is 2.38. The lowest BCUT2D eigenvalue weighted by Crippen LogP contribution is -2.29. The van der Waals surface area contributed by atoms with Crippen LogP contribution in [0.2, 0.25) is 15.1 Å². The Labute approximate surface area is 177 Å². The molecule has 2 aromatic rings. The van der Waals surface area contributed by atoms with Crippen molar-refractivity contribution in [3.63, 3.8) is 0 Å². The van der Waals surface area contributed by atoms with Gasteiger partial charge in [-0.1, -0.05) is 34.8 Å². The third-order valence-electron chi connectivity index (χ3n) is 3.72. The van der Waals surface area contributed by atoms with Crippen molar-refractivity contribution in [3.05, 3.63) is 51.5 Å². The first-order valence-electron chi connectivity index (χ1n) is 7.91. The van der Waals surface area contributed by atoms with Crippen molar-refractivity contribution in [2.24, 2.45) is 5.41 Å². The molecule has 0 aliphatic carbocycles. The zero-order chi connectivity index (χ0) is 20.2. The SMILES string of the molecule is CC(C)(CCC(=O)Cl)C(=O)Oc1cc(Cl)ccc1Oc1ccc(Cl)cc1Cl. The van der Waals surface area contributed by atoms with Gasteiger partial charge in [0.05, 0.1) is 10.4 Å². The molecule has 0 saturated carbocycles. The fraction of sp³-hybridized carbons (Fsp3) is 0.263. The van der Waals surface area contributed by atoms with Gasteiger partial charge in [0.25, 0.3) is 0 Å². The lowest BCUT2D eigenvalue weighted by molar-refractivity contribution is -0.144. The first kappa shape index (κ1) is 21.8. The third kappa shape index (κ3) is 6.28. The summed E-state index contributed by atoms with van der Waals surface area (Å²) in [5, 5.41) is 0.613. The number of hydrogen-bond donors (Lipinski definition) is 0. The summed E-state index contributed by atoms with van der Waals surface area (Å²) >= 11 is 23.4. The Morgan fingerprint density at radius 2 is 1.52 bits per heavy atom. The second kappa shape index (κ2) is 9.16. The van der Waals surface area contributed by atoms with Gasteiger partial charge < -0.3 is 9.47 Å². The first-order valence-corrected chi connectivity index (χ1v) is 9.43. The maximum absolute atomic E-state index is 12.6. The highest BCUT2D eigenvalue weighted by atomic mass is 35.5. The largest absolute Gasteiger partial charge is 0.452 e. The van der Waals surface area contributed by atoms with E-state index in [1.54, 1.807) is 38.1 Å². The molecule has 2 aromatic carbocycles. The summed E-state index contributed by atoms with van der Waals surface area (Å²) < 4.78 is 11.2. The highest BCUT2D eigenvalue weighted by molar-refractivity contribution is 6.63. The van der Waals surface area contributed by atoms with Crippen LogP contribution in [0.3, 0.4) is 0 Å². The number of esters is 1. The van der Waals surface area contributed by atoms with E-state index in [0.29, 0.717) is 20.8 Å². The highest BCUT2D eigenvalue weighted by Gasteiger charge is 2.31. The topological polar surface area (TPSA) is 52.6 Å². The van der Waals surface area contributed by atoms with Crippen molar-refractivity contribution in [1.29, 1.82) is 0 Å². The molecular formula is C19H16Cl4O4. The van der Waals surface area contributed by atoms with Crippen LogP contribution >= 0.6 is 46.4 Å². The molecule has 0 unspecified atom stereocenters. The summed E-state index contributed by atoms with van der Waals surface area (Å²) in [7, 11) is 0. The molecule has 144 valence electrons. The minimum atomic E-state index is -0.929. The number of carbonyl (C=O) groups is 2. The Morgan fingerprint density at radius 1 is 0.926 bits per heavy atom. The van der Waals surface area contributed by atoms with Crippen LogP contribution in [0.15, 0.2) is 36.4 Å². The van der Waals surface area contributed by atoms with Crippen LogP contribution in [0.1, 0.15) is 26.7 Å². The van der Waals surface area contributed by atoms with Gasteiger partial charge in [-0.15, -0.1) is 0 Å². The third-order valence-corrected chi connectivity index (χ3v) is 4.68. The first-order chi connectivity index (χ1) is 12.6. The number of carbonyl (C=O) groups excluding carboxylic acids is 2. The maximum atomic E-state index is 12.6. The number of halogens is 4. The smallest absolute Gasteiger partial charge is 0.317 e. The summed E-state index contributed by atoms with van der Waals surface area (Å²) in [5.41, 5.74) is -0.929. The Balaban J connectivity index is 2.25. The van der Waals surface area contributed by atoms with E-state index >= 15 is 0 Å². The lowest BCUT2D eigenvalue weighted by atomic mass is 9.88. The zero-order valence-corrected chi connectivity index (χ0v) is 17.5. The summed E-state index contributed by atoms with van der Waals surface area (Å²) in [4.78, 5) is 23.5. The second-order valence-electron chi connectivity index (χ2n) is 6.40. The second-order valence-corrected chi connectivity index (χ2v) is 8.10. The van der Waals surface area contributed by atoms with Crippen LogP contribution in [0, 0.1) is 5.41 Å². The standard InChI is InChI=1S/C19H16Cl4O4/c1-19(2,8-7-17(23)24)18(25)27-16-10-12(21)4-6-15(16)26-14-5-3-11(20)9-13(14)22/h3-6,9-10H,7-8H2,1-2H3. The minimum absolute atomic E-state index is 0.0585. The molecule has 27 heavy (non-hydrogen) atoms. The predicted octanol–water partition coefficient (Wildman–Crippen LogP) is 6.92. The van der Waals surface area contributed by atoms with Crippen LogP contribution in [-0.2, 0) is 9.59 Å². The van der Waals surface area contributed by atoms with E-state index in [2.05, 4.69) is 0 Å². The molecule has 0 aliphatic rings. The van der Waals surface area contributed by atoms with Gasteiger partial charge >= 0.3 is 5.97 Å². The number of ether oxygens (including phenoxy) is 2. The van der Waals surface area contributed by atoms with E-state index in [-0.39, 0.29) is 24.3 Å². The molecule has 0 aliphatic heterocycles. The maximum Gasteiger partial charge on any atom is 0.317 e. The van der Waals surface area contributed by atoms with Crippen molar-refractivity contribution in [3.8, 4) is 17.2 Å². The fourth-order valence-corrected chi connectivity index (χ4v) is 2.78. The van der Waals surface area contributed by atoms with Gasteiger partial charge in [-0.25, -0.2) is 0 Å². The van der Waals surface area contributed by atoms with Gasteiger partial charge in [0.2, 0.25) is 5.24 Å². The van der Waals surface area contributed by atoms with Crippen molar-refractivity contribution in [1.82, 2.24) is 0 Å². The van der Waals surface area contributed by atoms with Crippen LogP contribution in [-0.4, -0.2) is 11.2 Å². The van der Waals surface area contributed by atoms with Crippen LogP contribution in [0.5, 0.6) is 17.2 Å². The Hall–Kier alpha value is -1.46. The van der Waals surface area contributed by atoms with E-state index in [1.807, 2.05) is 0 Å². The summed E-state index contributed by atoms with van der Waals surface area (Å²) in [6.45, 7) is 3.33. The molecule has 0 aromatic heterocycles. The Kier molecular flexibility index (Phi) is 7.40. The van der Waals surface area contributed by atoms with Gasteiger partial charge in [0, 0.05) is 22.5 Å². The number of hydrogen-bond acceptors (Lipinski definition) is 4. The van der Waals surface area contributed by atoms with E-state index in [9.17, 15) is 9.59 Å². The van der Waals surface area contributed by atoms with Gasteiger partial charge in [-0.2, -0.15) is 0 Å². The lowest BCUT2D eigenvalue weighted by Gasteiger charge is -2.22. The molecule has 0 bridgehead atoms. The predicted molar refractivity (Wildman–Crippen MR) is 107 cm³/mol. The van der Waals surface area contributed by atoms with E-state index in [4.69, 9.17) is 55.9 Å². The molecule has 0 saturated heterocycles. The minimum Gasteiger partial charge on any atom is -0.452 e. The van der Waals surface area contributed by atoms with E-state index in [1.165, 1.54) is 12.1 Å². The number of rotatable bonds is 7. The number of benzene rings is 2. The summed E-state index contributed by atoms with van der Waals surface area (Å²) in [6.07, 6.45) is 0.302. The average molecular weight is 450 g/mol. The van der Waals surface area contributed by atoms with Gasteiger partial charge in [-0.3, -0.25) is 9.59 Å². The molecular weight excluding hydrogens is 434 g/mol. The molecule has 4 nitrogen and oxygen atoms in total. The molecule has 0 amide bonds. The van der Waals surface area contributed by atoms with Crippen LogP contribution in [0.4, 0.5) is 0 Å². The zero-order valence-electron chi connectivity index (χ0n) is 14.5. The normalized spacial score (nSPS) is 11.2. The molecule has 8 heteroatoms. The van der Waals surface area contributed by atoms with E-state index < -0.39 is 16.6 Å². The summed E-state index contributed by atoms with van der Waals surface area (Å²) in [6, 6.07) is 9.37.